The second kappa shape index (κ2) is 6.27. The van der Waals surface area contributed by atoms with Crippen molar-refractivity contribution in [3.8, 4) is 0 Å². The Morgan fingerprint density at radius 3 is 2.44 bits per heavy atom. The van der Waals surface area contributed by atoms with E-state index in [0.717, 1.165) is 16.7 Å². The van der Waals surface area contributed by atoms with E-state index >= 15 is 0 Å². The molecule has 3 rings (SSSR count). The molecule has 2 amide bonds. The van der Waals surface area contributed by atoms with E-state index in [2.05, 4.69) is 0 Å². The minimum atomic E-state index is -1.12. The Balaban J connectivity index is 2.13. The Morgan fingerprint density at radius 1 is 1.20 bits per heavy atom. The van der Waals surface area contributed by atoms with Crippen molar-refractivity contribution in [2.75, 3.05) is 11.9 Å². The highest BCUT2D eigenvalue weighted by Crippen LogP contribution is 2.44. The van der Waals surface area contributed by atoms with Gasteiger partial charge in [0, 0.05) is 12.6 Å². The van der Waals surface area contributed by atoms with Crippen LogP contribution in [-0.2, 0) is 14.4 Å². The van der Waals surface area contributed by atoms with Crippen molar-refractivity contribution in [1.82, 2.24) is 4.90 Å². The summed E-state index contributed by atoms with van der Waals surface area (Å²) in [5.41, 5.74) is 1.66. The van der Waals surface area contributed by atoms with Crippen LogP contribution in [0.1, 0.15) is 19.4 Å². The highest BCUT2D eigenvalue weighted by molar-refractivity contribution is 8.26. The molecule has 6 nitrogen and oxygen atoms in total. The fourth-order valence-electron chi connectivity index (χ4n) is 3.05. The molecule has 1 fully saturated rings. The first-order valence-electron chi connectivity index (χ1n) is 7.65. The van der Waals surface area contributed by atoms with Gasteiger partial charge < -0.3 is 10.0 Å². The van der Waals surface area contributed by atoms with Crippen molar-refractivity contribution in [2.45, 2.75) is 19.9 Å². The monoisotopic (exact) mass is 376 g/mol. The number of aliphatic carboxylic acids is 1. The molecule has 1 atom stereocenters. The molecule has 1 unspecified atom stereocenters. The second-order valence-electron chi connectivity index (χ2n) is 6.16. The lowest BCUT2D eigenvalue weighted by molar-refractivity contribution is -0.146. The number of para-hydroxylation sites is 1. The molecule has 0 saturated carbocycles. The van der Waals surface area contributed by atoms with Crippen LogP contribution in [0.2, 0.25) is 0 Å². The molecule has 130 valence electrons. The summed E-state index contributed by atoms with van der Waals surface area (Å²) in [6, 6.07) is 6.12. The van der Waals surface area contributed by atoms with Gasteiger partial charge in [-0.15, -0.1) is 0 Å². The Kier molecular flexibility index (Phi) is 4.42. The van der Waals surface area contributed by atoms with E-state index in [4.69, 9.17) is 12.2 Å². The fraction of sp³-hybridized carbons (Fsp3) is 0.294. The summed E-state index contributed by atoms with van der Waals surface area (Å²) in [6.45, 7) is 3.43. The number of fused-ring (bicyclic) bond motifs is 1. The molecule has 2 aliphatic rings. The number of hydrogen-bond acceptors (Lipinski definition) is 5. The maximum absolute atomic E-state index is 12.9. The fourth-order valence-corrected chi connectivity index (χ4v) is 4.45. The number of anilines is 1. The predicted molar refractivity (Wildman–Crippen MR) is 100 cm³/mol. The van der Waals surface area contributed by atoms with Crippen LogP contribution in [0, 0.1) is 5.92 Å². The summed E-state index contributed by atoms with van der Waals surface area (Å²) in [7, 11) is 1.64. The van der Waals surface area contributed by atoms with Crippen LogP contribution in [0.4, 0.5) is 5.69 Å². The molecule has 2 heterocycles. The summed E-state index contributed by atoms with van der Waals surface area (Å²) in [6.07, 6.45) is 0. The number of likely N-dealkylation sites (N-methyl/N-ethyl adjacent to an activating group) is 1. The van der Waals surface area contributed by atoms with Crippen LogP contribution < -0.4 is 4.90 Å². The summed E-state index contributed by atoms with van der Waals surface area (Å²) in [5.74, 6) is -2.26. The van der Waals surface area contributed by atoms with Gasteiger partial charge in [-0.05, 0) is 12.0 Å². The molecule has 0 radical (unpaired) electrons. The largest absolute Gasteiger partial charge is 0.480 e. The minimum Gasteiger partial charge on any atom is -0.480 e. The maximum Gasteiger partial charge on any atom is 0.327 e. The van der Waals surface area contributed by atoms with Gasteiger partial charge in [-0.1, -0.05) is 56.0 Å². The van der Waals surface area contributed by atoms with Gasteiger partial charge >= 0.3 is 5.97 Å². The van der Waals surface area contributed by atoms with Crippen molar-refractivity contribution in [1.29, 1.82) is 0 Å². The number of nitrogens with zero attached hydrogens (tertiary/aromatic N) is 2. The van der Waals surface area contributed by atoms with Crippen molar-refractivity contribution in [2.24, 2.45) is 5.92 Å². The van der Waals surface area contributed by atoms with Gasteiger partial charge in [-0.25, -0.2) is 4.79 Å². The molecule has 0 aromatic heterocycles. The molecule has 1 aromatic carbocycles. The van der Waals surface area contributed by atoms with Crippen molar-refractivity contribution >= 4 is 57.3 Å². The third-order valence-electron chi connectivity index (χ3n) is 4.24. The van der Waals surface area contributed by atoms with Gasteiger partial charge in [0.25, 0.3) is 11.8 Å². The third-order valence-corrected chi connectivity index (χ3v) is 5.64. The van der Waals surface area contributed by atoms with Crippen LogP contribution in [-0.4, -0.2) is 45.2 Å². The first kappa shape index (κ1) is 17.6. The number of carbonyl (C=O) groups excluding carboxylic acids is 2. The number of benzene rings is 1. The molecule has 1 N–H and O–H groups in total. The number of thioether (sulfide) groups is 1. The van der Waals surface area contributed by atoms with Gasteiger partial charge in [0.1, 0.15) is 10.4 Å². The summed E-state index contributed by atoms with van der Waals surface area (Å²) in [5, 5.41) is 9.49. The molecule has 0 aliphatic carbocycles. The molecule has 2 aliphatic heterocycles. The number of carbonyl (C=O) groups is 3. The Hall–Kier alpha value is -2.19. The number of carboxylic acids is 1. The van der Waals surface area contributed by atoms with Crippen molar-refractivity contribution < 1.29 is 19.5 Å². The lowest BCUT2D eigenvalue weighted by atomic mass is 10.0. The lowest BCUT2D eigenvalue weighted by Crippen LogP contribution is -2.47. The maximum atomic E-state index is 12.9. The molecule has 1 saturated heterocycles. The summed E-state index contributed by atoms with van der Waals surface area (Å²) < 4.78 is 0.161. The standard InChI is InChI=1S/C17H16N2O4S2/c1-8(2)12(16(22)23)19-15(21)13(25-17(19)24)11-9-6-4-5-7-10(9)18(3)14(11)20/h4-8,12H,1-3H3,(H,22,23)/b13-11+. The summed E-state index contributed by atoms with van der Waals surface area (Å²) in [4.78, 5) is 40.0. The highest BCUT2D eigenvalue weighted by atomic mass is 32.2. The molecular weight excluding hydrogens is 360 g/mol. The van der Waals surface area contributed by atoms with E-state index in [1.807, 2.05) is 6.07 Å². The topological polar surface area (TPSA) is 77.9 Å². The van der Waals surface area contributed by atoms with Crippen molar-refractivity contribution in [3.05, 3.63) is 34.7 Å². The lowest BCUT2D eigenvalue weighted by Gasteiger charge is -2.26. The number of thiocarbonyl (C=S) groups is 1. The minimum absolute atomic E-state index is 0.161. The zero-order valence-electron chi connectivity index (χ0n) is 13.8. The van der Waals surface area contributed by atoms with E-state index in [0.29, 0.717) is 11.3 Å². The van der Waals surface area contributed by atoms with E-state index in [9.17, 15) is 19.5 Å². The number of amides is 2. The van der Waals surface area contributed by atoms with Crippen LogP contribution in [0.15, 0.2) is 29.2 Å². The number of hydrogen-bond donors (Lipinski definition) is 1. The molecule has 8 heteroatoms. The smallest absolute Gasteiger partial charge is 0.327 e. The first-order chi connectivity index (χ1) is 11.8. The van der Waals surface area contributed by atoms with Gasteiger partial charge in [-0.2, -0.15) is 0 Å². The van der Waals surface area contributed by atoms with Crippen LogP contribution in [0.5, 0.6) is 0 Å². The van der Waals surface area contributed by atoms with Crippen molar-refractivity contribution in [3.63, 3.8) is 0 Å². The Labute approximate surface area is 154 Å². The molecular formula is C17H16N2O4S2. The van der Waals surface area contributed by atoms with E-state index in [1.165, 1.54) is 4.90 Å². The SMILES string of the molecule is CC(C)C(C(=O)O)N1C(=O)/C(=C2\C(=O)N(C)c3ccccc32)SC1=S. The summed E-state index contributed by atoms with van der Waals surface area (Å²) >= 11 is 6.25. The average molecular weight is 376 g/mol. The van der Waals surface area contributed by atoms with Gasteiger partial charge in [0.15, 0.2) is 0 Å². The second-order valence-corrected chi connectivity index (χ2v) is 7.80. The molecule has 25 heavy (non-hydrogen) atoms. The third kappa shape index (κ3) is 2.65. The van der Waals surface area contributed by atoms with Crippen LogP contribution >= 0.6 is 24.0 Å². The number of carboxylic acid groups (broad SMARTS) is 1. The molecule has 0 bridgehead atoms. The normalized spacial score (nSPS) is 21.4. The zero-order valence-corrected chi connectivity index (χ0v) is 15.5. The van der Waals surface area contributed by atoms with Crippen LogP contribution in [0.3, 0.4) is 0 Å². The Morgan fingerprint density at radius 2 is 1.84 bits per heavy atom. The van der Waals surface area contributed by atoms with Gasteiger partial charge in [0.2, 0.25) is 0 Å². The average Bonchev–Trinajstić information content (AvgIpc) is 2.96. The van der Waals surface area contributed by atoms with Gasteiger partial charge in [0.05, 0.1) is 16.2 Å². The molecule has 0 spiro atoms. The van der Waals surface area contributed by atoms with Crippen LogP contribution in [0.25, 0.3) is 5.57 Å². The Bertz CT molecular complexity index is 847. The van der Waals surface area contributed by atoms with E-state index in [1.54, 1.807) is 39.1 Å². The zero-order chi connectivity index (χ0) is 18.5. The molecule has 1 aromatic rings. The van der Waals surface area contributed by atoms with E-state index < -0.39 is 17.9 Å². The highest BCUT2D eigenvalue weighted by Gasteiger charge is 2.45. The van der Waals surface area contributed by atoms with Gasteiger partial charge in [-0.3, -0.25) is 14.5 Å². The predicted octanol–water partition coefficient (Wildman–Crippen LogP) is 2.34. The van der Waals surface area contributed by atoms with E-state index in [-0.39, 0.29) is 26.6 Å². The number of rotatable bonds is 3. The quantitative estimate of drug-likeness (QED) is 0.644. The first-order valence-corrected chi connectivity index (χ1v) is 8.88.